The van der Waals surface area contributed by atoms with E-state index in [4.69, 9.17) is 9.57 Å². The summed E-state index contributed by atoms with van der Waals surface area (Å²) in [5.41, 5.74) is 1.89. The second kappa shape index (κ2) is 13.5. The molecule has 0 bridgehead atoms. The molecule has 0 radical (unpaired) electrons. The van der Waals surface area contributed by atoms with Gasteiger partial charge in [0.15, 0.2) is 5.82 Å². The average Bonchev–Trinajstić information content (AvgIpc) is 3.40. The van der Waals surface area contributed by atoms with Crippen LogP contribution in [0.4, 0.5) is 19.3 Å². The zero-order valence-corrected chi connectivity index (χ0v) is 26.2. The van der Waals surface area contributed by atoms with Crippen LogP contribution in [0, 0.1) is 11.6 Å². The van der Waals surface area contributed by atoms with Crippen molar-refractivity contribution < 1.29 is 28.0 Å². The first kappa shape index (κ1) is 32.4. The fourth-order valence-corrected chi connectivity index (χ4v) is 6.18. The highest BCUT2D eigenvalue weighted by Gasteiger charge is 2.26. The highest BCUT2D eigenvalue weighted by molar-refractivity contribution is 7.22. The first-order valence-corrected chi connectivity index (χ1v) is 14.5. The summed E-state index contributed by atoms with van der Waals surface area (Å²) in [6.45, 7) is -0.233. The number of fused-ring (bicyclic) bond motifs is 1. The molecule has 5 aromatic rings. The topological polar surface area (TPSA) is 133 Å². The quantitative estimate of drug-likeness (QED) is 0.224. The smallest absolute Gasteiger partial charge is 0.370 e. The number of nitrogens with one attached hydrogen (secondary N) is 1. The molecule has 0 saturated carbocycles. The van der Waals surface area contributed by atoms with Crippen LogP contribution in [0.2, 0.25) is 0 Å². The normalized spacial score (nSPS) is 11.3. The van der Waals surface area contributed by atoms with Gasteiger partial charge in [-0.2, -0.15) is 5.06 Å². The Morgan fingerprint density at radius 1 is 0.957 bits per heavy atom. The third-order valence-electron chi connectivity index (χ3n) is 6.91. The predicted molar refractivity (Wildman–Crippen MR) is 167 cm³/mol. The van der Waals surface area contributed by atoms with Crippen molar-refractivity contribution in [1.82, 2.24) is 29.7 Å². The first-order chi connectivity index (χ1) is 22.1. The van der Waals surface area contributed by atoms with Gasteiger partial charge in [0.05, 0.1) is 38.9 Å². The van der Waals surface area contributed by atoms with E-state index in [1.165, 1.54) is 39.5 Å². The van der Waals surface area contributed by atoms with Crippen LogP contribution < -0.4 is 26.5 Å². The van der Waals surface area contributed by atoms with Gasteiger partial charge in [-0.05, 0) is 55.6 Å². The number of aromatic nitrogens is 4. The second-order valence-electron chi connectivity index (χ2n) is 10.1. The molecule has 0 spiro atoms. The van der Waals surface area contributed by atoms with Crippen LogP contribution in [0.1, 0.15) is 11.1 Å². The van der Waals surface area contributed by atoms with E-state index < -0.39 is 35.5 Å². The first-order valence-electron chi connectivity index (χ1n) is 13.6. The van der Waals surface area contributed by atoms with Gasteiger partial charge in [0.1, 0.15) is 16.5 Å². The number of carbonyl (C=O) groups is 1. The maximum atomic E-state index is 14.9. The minimum Gasteiger partial charge on any atom is -0.480 e. The molecule has 1 N–H and O–H groups in total. The number of halogens is 2. The summed E-state index contributed by atoms with van der Waals surface area (Å²) in [7, 11) is 7.64. The van der Waals surface area contributed by atoms with Crippen molar-refractivity contribution in [3.8, 4) is 22.1 Å². The van der Waals surface area contributed by atoms with Gasteiger partial charge in [0.25, 0.3) is 5.56 Å². The Morgan fingerprint density at radius 3 is 2.22 bits per heavy atom. The minimum absolute atomic E-state index is 0.0950. The second-order valence-corrected chi connectivity index (χ2v) is 11.1. The molecule has 0 aliphatic carbocycles. The largest absolute Gasteiger partial charge is 0.480 e. The number of hydroxylamine groups is 2. The van der Waals surface area contributed by atoms with E-state index in [1.807, 2.05) is 19.0 Å². The van der Waals surface area contributed by atoms with Crippen molar-refractivity contribution in [3.63, 3.8) is 0 Å². The molecule has 46 heavy (non-hydrogen) atoms. The molecule has 3 heterocycles. The molecular formula is C30H29F2N7O6S. The zero-order valence-electron chi connectivity index (χ0n) is 25.4. The summed E-state index contributed by atoms with van der Waals surface area (Å²) < 4.78 is 36.9. The van der Waals surface area contributed by atoms with E-state index in [0.29, 0.717) is 21.7 Å². The Kier molecular flexibility index (Phi) is 9.52. The van der Waals surface area contributed by atoms with E-state index in [0.717, 1.165) is 37.7 Å². The van der Waals surface area contributed by atoms with E-state index in [1.54, 1.807) is 24.3 Å². The molecule has 3 aromatic heterocycles. The van der Waals surface area contributed by atoms with Gasteiger partial charge in [-0.25, -0.2) is 28.4 Å². The number of carbonyl (C=O) groups excluding carboxylic acids is 1. The highest BCUT2D eigenvalue weighted by atomic mass is 32.1. The van der Waals surface area contributed by atoms with Crippen LogP contribution in [0.5, 0.6) is 5.88 Å². The van der Waals surface area contributed by atoms with E-state index in [-0.39, 0.29) is 34.0 Å². The lowest BCUT2D eigenvalue weighted by Gasteiger charge is -2.19. The van der Waals surface area contributed by atoms with Crippen LogP contribution in [0.15, 0.2) is 64.2 Å². The van der Waals surface area contributed by atoms with Crippen molar-refractivity contribution in [1.29, 1.82) is 0 Å². The fraction of sp³-hybridized carbons (Fsp3) is 0.233. The number of amides is 2. The summed E-state index contributed by atoms with van der Waals surface area (Å²) >= 11 is 1.13. The van der Waals surface area contributed by atoms with Gasteiger partial charge in [0, 0.05) is 23.1 Å². The van der Waals surface area contributed by atoms with Gasteiger partial charge in [0.2, 0.25) is 5.88 Å². The lowest BCUT2D eigenvalue weighted by Crippen LogP contribution is -2.39. The number of rotatable bonds is 10. The molecule has 13 nitrogen and oxygen atoms in total. The Bertz CT molecular complexity index is 1990. The van der Waals surface area contributed by atoms with Gasteiger partial charge in [-0.15, -0.1) is 21.5 Å². The summed E-state index contributed by atoms with van der Waals surface area (Å²) in [6, 6.07) is 12.3. The number of anilines is 1. The van der Waals surface area contributed by atoms with Gasteiger partial charge >= 0.3 is 11.7 Å². The Hall–Kier alpha value is -5.03. The number of hydrogen-bond donors (Lipinski definition) is 1. The van der Waals surface area contributed by atoms with E-state index in [9.17, 15) is 23.2 Å². The highest BCUT2D eigenvalue weighted by Crippen LogP contribution is 2.38. The summed E-state index contributed by atoms with van der Waals surface area (Å²) in [4.78, 5) is 53.2. The molecule has 2 aromatic carbocycles. The molecule has 16 heteroatoms. The van der Waals surface area contributed by atoms with Crippen LogP contribution in [0.3, 0.4) is 0 Å². The molecule has 0 saturated heterocycles. The predicted octanol–water partition coefficient (Wildman–Crippen LogP) is 3.71. The third kappa shape index (κ3) is 6.10. The molecule has 0 fully saturated rings. The molecule has 0 aliphatic heterocycles. The summed E-state index contributed by atoms with van der Waals surface area (Å²) in [5, 5.41) is 9.06. The molecule has 0 unspecified atom stereocenters. The Balaban J connectivity index is 1.79. The maximum absolute atomic E-state index is 14.9. The SMILES string of the molecule is CONC(=O)N(OC)c1ccc(-c2sc3c(c2CN(C)C)c(=O)n(-c2ccc(OC)nn2)c(=O)n3Cc2c(F)cccc2F)cc1. The van der Waals surface area contributed by atoms with E-state index in [2.05, 4.69) is 20.5 Å². The lowest BCUT2D eigenvalue weighted by molar-refractivity contribution is 0.0874. The van der Waals surface area contributed by atoms with Gasteiger partial charge in [-0.1, -0.05) is 18.2 Å². The van der Waals surface area contributed by atoms with Crippen molar-refractivity contribution in [3.05, 3.63) is 98.2 Å². The molecule has 2 amide bonds. The minimum atomic E-state index is -0.862. The van der Waals surface area contributed by atoms with Gasteiger partial charge < -0.3 is 9.64 Å². The molecule has 0 aliphatic rings. The van der Waals surface area contributed by atoms with Gasteiger partial charge in [-0.3, -0.25) is 19.0 Å². The molecule has 5 rings (SSSR count). The van der Waals surface area contributed by atoms with Crippen LogP contribution in [-0.4, -0.2) is 65.7 Å². The Labute approximate surface area is 264 Å². The number of nitrogens with zero attached hydrogens (tertiary/aromatic N) is 6. The number of ether oxygens (including phenoxy) is 1. The van der Waals surface area contributed by atoms with Crippen molar-refractivity contribution >= 4 is 33.3 Å². The van der Waals surface area contributed by atoms with Crippen LogP contribution in [0.25, 0.3) is 26.5 Å². The van der Waals surface area contributed by atoms with Crippen LogP contribution in [-0.2, 0) is 22.8 Å². The standard InChI is InChI=1S/C30H29F2N7O6S/c1-36(2)15-20-25-27(40)38(23-13-14-24(43-3)34-33-23)30(42)37(16-19-21(31)7-6-8-22(19)32)28(25)46-26(20)17-9-11-18(12-10-17)39(45-5)29(41)35-44-4/h6-14H,15-16H2,1-5H3,(H,35,41). The molecule has 0 atom stereocenters. The van der Waals surface area contributed by atoms with Crippen LogP contribution >= 0.6 is 11.3 Å². The monoisotopic (exact) mass is 653 g/mol. The number of methoxy groups -OCH3 is 1. The Morgan fingerprint density at radius 2 is 1.65 bits per heavy atom. The summed E-state index contributed by atoms with van der Waals surface area (Å²) in [6.07, 6.45) is 0. The number of urea groups is 1. The zero-order chi connectivity index (χ0) is 33.1. The van der Waals surface area contributed by atoms with Crippen molar-refractivity contribution in [2.45, 2.75) is 13.1 Å². The molecular weight excluding hydrogens is 624 g/mol. The number of hydrogen-bond acceptors (Lipinski definition) is 10. The summed E-state index contributed by atoms with van der Waals surface area (Å²) in [5.74, 6) is -1.62. The molecule has 240 valence electrons. The average molecular weight is 654 g/mol. The number of benzene rings is 2. The lowest BCUT2D eigenvalue weighted by atomic mass is 10.1. The van der Waals surface area contributed by atoms with Crippen molar-refractivity contribution in [2.75, 3.05) is 40.5 Å². The van der Waals surface area contributed by atoms with Crippen molar-refractivity contribution in [2.24, 2.45) is 0 Å². The number of thiophene rings is 1. The maximum Gasteiger partial charge on any atom is 0.370 e. The fourth-order valence-electron chi connectivity index (χ4n) is 4.88. The third-order valence-corrected chi connectivity index (χ3v) is 8.21. The van der Waals surface area contributed by atoms with E-state index >= 15 is 0 Å².